The molecular weight excluding hydrogens is 288 g/mol. The van der Waals surface area contributed by atoms with E-state index >= 15 is 0 Å². The summed E-state index contributed by atoms with van der Waals surface area (Å²) in [6, 6.07) is 3.65. The third-order valence-electron chi connectivity index (χ3n) is 2.43. The lowest BCUT2D eigenvalue weighted by Gasteiger charge is -2.11. The number of aromatic nitrogens is 3. The number of benzene rings is 1. The van der Waals surface area contributed by atoms with Gasteiger partial charge in [0.25, 0.3) is 0 Å². The molecule has 0 fully saturated rings. The first kappa shape index (κ1) is 14.4. The lowest BCUT2D eigenvalue weighted by Crippen LogP contribution is -2.15. The summed E-state index contributed by atoms with van der Waals surface area (Å²) in [6.45, 7) is 0.240. The second kappa shape index (κ2) is 5.96. The minimum atomic E-state index is -0.896. The average molecular weight is 300 g/mol. The Morgan fingerprint density at radius 2 is 1.90 bits per heavy atom. The molecule has 0 aliphatic rings. The van der Waals surface area contributed by atoms with Crippen molar-refractivity contribution in [3.05, 3.63) is 40.7 Å². The van der Waals surface area contributed by atoms with Gasteiger partial charge in [-0.2, -0.15) is 15.0 Å². The van der Waals surface area contributed by atoms with Gasteiger partial charge in [0, 0.05) is 20.6 Å². The first-order valence-electron chi connectivity index (χ1n) is 5.72. The van der Waals surface area contributed by atoms with E-state index in [-0.39, 0.29) is 17.8 Å². The van der Waals surface area contributed by atoms with Crippen LogP contribution in [0.2, 0.25) is 5.28 Å². The van der Waals surface area contributed by atoms with Crippen LogP contribution in [0.1, 0.15) is 5.56 Å². The molecule has 1 N–H and O–H groups in total. The molecule has 2 aromatic rings. The van der Waals surface area contributed by atoms with Crippen molar-refractivity contribution in [1.82, 2.24) is 15.0 Å². The smallest absolute Gasteiger partial charge is 0.230 e. The lowest BCUT2D eigenvalue weighted by atomic mass is 10.2. The highest BCUT2D eigenvalue weighted by atomic mass is 35.5. The van der Waals surface area contributed by atoms with E-state index in [1.54, 1.807) is 19.0 Å². The summed E-state index contributed by atoms with van der Waals surface area (Å²) in [6.07, 6.45) is 0. The van der Waals surface area contributed by atoms with Crippen LogP contribution in [0.4, 0.5) is 20.7 Å². The van der Waals surface area contributed by atoms with Crippen molar-refractivity contribution in [3.63, 3.8) is 0 Å². The van der Waals surface area contributed by atoms with E-state index in [2.05, 4.69) is 20.3 Å². The quantitative estimate of drug-likeness (QED) is 0.940. The molecule has 1 aromatic carbocycles. The minimum Gasteiger partial charge on any atom is -0.350 e. The number of hydrogen-bond donors (Lipinski definition) is 1. The predicted octanol–water partition coefficient (Wildman–Crippen LogP) is 2.48. The Morgan fingerprint density at radius 1 is 1.15 bits per heavy atom. The fourth-order valence-corrected chi connectivity index (χ4v) is 1.61. The monoisotopic (exact) mass is 299 g/mol. The zero-order chi connectivity index (χ0) is 14.7. The van der Waals surface area contributed by atoms with E-state index in [1.807, 2.05) is 0 Å². The minimum absolute atomic E-state index is 0.0523. The number of hydrogen-bond acceptors (Lipinski definition) is 5. The van der Waals surface area contributed by atoms with Crippen molar-refractivity contribution < 1.29 is 8.78 Å². The van der Waals surface area contributed by atoms with Crippen molar-refractivity contribution in [2.45, 2.75) is 6.54 Å². The van der Waals surface area contributed by atoms with Gasteiger partial charge in [0.15, 0.2) is 11.6 Å². The summed E-state index contributed by atoms with van der Waals surface area (Å²) < 4.78 is 25.9. The first-order valence-corrected chi connectivity index (χ1v) is 6.10. The summed E-state index contributed by atoms with van der Waals surface area (Å²) in [7, 11) is 3.54. The van der Waals surface area contributed by atoms with Crippen LogP contribution in [0.5, 0.6) is 0 Å². The standard InChI is InChI=1S/C12H12ClF2N5/c1-20(2)12-18-10(13)17-11(19-12)16-6-7-3-4-8(14)9(15)5-7/h3-5H,6H2,1-2H3,(H,16,17,18,19). The molecule has 2 rings (SSSR count). The van der Waals surface area contributed by atoms with Gasteiger partial charge in [0.2, 0.25) is 17.2 Å². The highest BCUT2D eigenvalue weighted by Crippen LogP contribution is 2.13. The summed E-state index contributed by atoms with van der Waals surface area (Å²) in [4.78, 5) is 13.6. The number of halogens is 3. The number of rotatable bonds is 4. The summed E-state index contributed by atoms with van der Waals surface area (Å²) in [5.41, 5.74) is 0.562. The summed E-state index contributed by atoms with van der Waals surface area (Å²) >= 11 is 5.78. The Kier molecular flexibility index (Phi) is 4.29. The molecule has 106 valence electrons. The van der Waals surface area contributed by atoms with Gasteiger partial charge in [-0.1, -0.05) is 6.07 Å². The normalized spacial score (nSPS) is 10.4. The summed E-state index contributed by atoms with van der Waals surface area (Å²) in [5.74, 6) is -1.12. The van der Waals surface area contributed by atoms with Crippen LogP contribution in [-0.4, -0.2) is 29.0 Å². The maximum absolute atomic E-state index is 13.1. The van der Waals surface area contributed by atoms with Crippen molar-refractivity contribution >= 4 is 23.5 Å². The Morgan fingerprint density at radius 3 is 2.55 bits per heavy atom. The molecule has 0 saturated carbocycles. The fraction of sp³-hybridized carbons (Fsp3) is 0.250. The van der Waals surface area contributed by atoms with Gasteiger partial charge < -0.3 is 10.2 Å². The Labute approximate surface area is 119 Å². The van der Waals surface area contributed by atoms with E-state index in [0.717, 1.165) is 12.1 Å². The number of nitrogens with zero attached hydrogens (tertiary/aromatic N) is 4. The molecule has 1 aromatic heterocycles. The zero-order valence-electron chi connectivity index (χ0n) is 10.9. The first-order chi connectivity index (χ1) is 9.45. The highest BCUT2D eigenvalue weighted by Gasteiger charge is 2.07. The van der Waals surface area contributed by atoms with Crippen LogP contribution in [0, 0.1) is 11.6 Å². The van der Waals surface area contributed by atoms with Crippen LogP contribution >= 0.6 is 11.6 Å². The molecule has 0 saturated heterocycles. The van der Waals surface area contributed by atoms with Crippen LogP contribution < -0.4 is 10.2 Å². The largest absolute Gasteiger partial charge is 0.350 e. The van der Waals surface area contributed by atoms with E-state index < -0.39 is 11.6 Å². The molecule has 0 spiro atoms. The molecule has 0 aliphatic carbocycles. The second-order valence-electron chi connectivity index (χ2n) is 4.22. The van der Waals surface area contributed by atoms with E-state index in [4.69, 9.17) is 11.6 Å². The van der Waals surface area contributed by atoms with Gasteiger partial charge in [-0.15, -0.1) is 0 Å². The summed E-state index contributed by atoms with van der Waals surface area (Å²) in [5, 5.41) is 2.93. The Balaban J connectivity index is 2.12. The molecule has 0 aliphatic heterocycles. The molecule has 8 heteroatoms. The predicted molar refractivity (Wildman–Crippen MR) is 72.8 cm³/mol. The molecule has 0 unspecified atom stereocenters. The van der Waals surface area contributed by atoms with E-state index in [9.17, 15) is 8.78 Å². The third kappa shape index (κ3) is 3.51. The number of nitrogens with one attached hydrogen (secondary N) is 1. The zero-order valence-corrected chi connectivity index (χ0v) is 11.6. The van der Waals surface area contributed by atoms with E-state index in [0.29, 0.717) is 11.5 Å². The van der Waals surface area contributed by atoms with Crippen LogP contribution in [0.25, 0.3) is 0 Å². The molecular formula is C12H12ClF2N5. The van der Waals surface area contributed by atoms with Crippen molar-refractivity contribution in [2.24, 2.45) is 0 Å². The van der Waals surface area contributed by atoms with Gasteiger partial charge in [-0.05, 0) is 29.3 Å². The van der Waals surface area contributed by atoms with E-state index in [1.165, 1.54) is 6.07 Å². The molecule has 0 bridgehead atoms. The molecule has 0 radical (unpaired) electrons. The lowest BCUT2D eigenvalue weighted by molar-refractivity contribution is 0.507. The van der Waals surface area contributed by atoms with Gasteiger partial charge in [-0.25, -0.2) is 8.78 Å². The number of anilines is 2. The van der Waals surface area contributed by atoms with Gasteiger partial charge in [0.05, 0.1) is 0 Å². The van der Waals surface area contributed by atoms with Gasteiger partial charge in [0.1, 0.15) is 0 Å². The maximum atomic E-state index is 13.1. The molecule has 20 heavy (non-hydrogen) atoms. The van der Waals surface area contributed by atoms with Gasteiger partial charge >= 0.3 is 0 Å². The molecule has 0 atom stereocenters. The Hall–Kier alpha value is -2.02. The van der Waals surface area contributed by atoms with Crippen LogP contribution in [-0.2, 0) is 6.54 Å². The van der Waals surface area contributed by atoms with Crippen LogP contribution in [0.15, 0.2) is 18.2 Å². The molecule has 5 nitrogen and oxygen atoms in total. The molecule has 0 amide bonds. The maximum Gasteiger partial charge on any atom is 0.230 e. The van der Waals surface area contributed by atoms with Gasteiger partial charge in [-0.3, -0.25) is 0 Å². The topological polar surface area (TPSA) is 53.9 Å². The highest BCUT2D eigenvalue weighted by molar-refractivity contribution is 6.28. The average Bonchev–Trinajstić information content (AvgIpc) is 2.39. The van der Waals surface area contributed by atoms with Crippen molar-refractivity contribution in [1.29, 1.82) is 0 Å². The SMILES string of the molecule is CN(C)c1nc(Cl)nc(NCc2ccc(F)c(F)c2)n1. The second-order valence-corrected chi connectivity index (χ2v) is 4.56. The third-order valence-corrected chi connectivity index (χ3v) is 2.60. The van der Waals surface area contributed by atoms with Crippen molar-refractivity contribution in [3.8, 4) is 0 Å². The molecule has 1 heterocycles. The van der Waals surface area contributed by atoms with Crippen LogP contribution in [0.3, 0.4) is 0 Å². The fourth-order valence-electron chi connectivity index (χ4n) is 1.45. The Bertz CT molecular complexity index is 621. The van der Waals surface area contributed by atoms with Crippen molar-refractivity contribution in [2.75, 3.05) is 24.3 Å².